The summed E-state index contributed by atoms with van der Waals surface area (Å²) in [5, 5.41) is 4.96. The Kier molecular flexibility index (Phi) is 5.20. The fourth-order valence-electron chi connectivity index (χ4n) is 6.54. The van der Waals surface area contributed by atoms with Crippen molar-refractivity contribution >= 4 is 49.6 Å². The Morgan fingerprint density at radius 3 is 2.02 bits per heavy atom. The van der Waals surface area contributed by atoms with Gasteiger partial charge in [0.05, 0.1) is 22.4 Å². The first-order valence-corrected chi connectivity index (χ1v) is 14.6. The summed E-state index contributed by atoms with van der Waals surface area (Å²) in [6, 6.07) is 56.0. The number of nitrogens with zero attached hydrogens (tertiary/aromatic N) is 2. The summed E-state index contributed by atoms with van der Waals surface area (Å²) >= 11 is 0. The quantitative estimate of drug-likeness (QED) is 0.218. The van der Waals surface area contributed by atoms with Crippen LogP contribution in [0.2, 0.25) is 0 Å². The molecule has 0 radical (unpaired) electrons. The highest BCUT2D eigenvalue weighted by Crippen LogP contribution is 2.51. The van der Waals surface area contributed by atoms with Crippen molar-refractivity contribution in [1.82, 2.24) is 4.57 Å². The Balaban J connectivity index is 1.19. The summed E-state index contributed by atoms with van der Waals surface area (Å²) in [6.45, 7) is 0. The highest BCUT2D eigenvalue weighted by Gasteiger charge is 2.26. The molecule has 0 saturated carbocycles. The number of fused-ring (bicyclic) bond motifs is 6. The number of para-hydroxylation sites is 4. The molecule has 0 spiro atoms. The van der Waals surface area contributed by atoms with Crippen molar-refractivity contribution in [3.05, 3.63) is 158 Å². The van der Waals surface area contributed by atoms with Crippen LogP contribution in [0.5, 0.6) is 11.5 Å². The molecule has 0 saturated heterocycles. The van der Waals surface area contributed by atoms with Crippen LogP contribution in [0.4, 0.5) is 17.1 Å². The van der Waals surface area contributed by atoms with E-state index in [1.165, 1.54) is 38.3 Å². The van der Waals surface area contributed by atoms with Gasteiger partial charge >= 0.3 is 0 Å². The monoisotopic (exact) mass is 550 g/mol. The molecule has 3 nitrogen and oxygen atoms in total. The molecule has 0 N–H and O–H groups in total. The zero-order valence-electron chi connectivity index (χ0n) is 23.3. The number of ether oxygens (including phenoxy) is 1. The summed E-state index contributed by atoms with van der Waals surface area (Å²) in [5.41, 5.74) is 9.02. The van der Waals surface area contributed by atoms with Gasteiger partial charge in [-0.2, -0.15) is 0 Å². The fourth-order valence-corrected chi connectivity index (χ4v) is 6.54. The molecule has 2 heterocycles. The van der Waals surface area contributed by atoms with E-state index in [1.807, 2.05) is 18.2 Å². The van der Waals surface area contributed by atoms with Crippen molar-refractivity contribution in [1.29, 1.82) is 0 Å². The van der Waals surface area contributed by atoms with Gasteiger partial charge < -0.3 is 14.2 Å². The van der Waals surface area contributed by atoms with Crippen LogP contribution in [0.3, 0.4) is 0 Å². The molecule has 0 bridgehead atoms. The van der Waals surface area contributed by atoms with Crippen LogP contribution in [0.1, 0.15) is 0 Å². The van der Waals surface area contributed by atoms with Gasteiger partial charge in [-0.05, 0) is 88.6 Å². The second-order valence-corrected chi connectivity index (χ2v) is 11.0. The zero-order chi connectivity index (χ0) is 28.3. The van der Waals surface area contributed by atoms with Crippen LogP contribution in [0, 0.1) is 0 Å². The van der Waals surface area contributed by atoms with Crippen molar-refractivity contribution in [2.24, 2.45) is 0 Å². The summed E-state index contributed by atoms with van der Waals surface area (Å²) in [4.78, 5) is 2.28. The summed E-state index contributed by atoms with van der Waals surface area (Å²) in [5.74, 6) is 1.70. The van der Waals surface area contributed by atoms with E-state index < -0.39 is 0 Å². The highest BCUT2D eigenvalue weighted by atomic mass is 16.5. The van der Waals surface area contributed by atoms with Crippen molar-refractivity contribution in [3.8, 4) is 28.3 Å². The number of benzene rings is 7. The molecule has 9 rings (SSSR count). The van der Waals surface area contributed by atoms with Crippen molar-refractivity contribution in [2.75, 3.05) is 4.90 Å². The van der Waals surface area contributed by atoms with Gasteiger partial charge in [-0.1, -0.05) is 91.0 Å². The van der Waals surface area contributed by atoms with Crippen LogP contribution in [0.15, 0.2) is 158 Å². The molecule has 3 heteroatoms. The first-order chi connectivity index (χ1) is 21.3. The molecular formula is C40H26N2O. The lowest BCUT2D eigenvalue weighted by molar-refractivity contribution is 0.477. The molecule has 43 heavy (non-hydrogen) atoms. The summed E-state index contributed by atoms with van der Waals surface area (Å²) in [7, 11) is 0. The molecule has 0 amide bonds. The van der Waals surface area contributed by atoms with Gasteiger partial charge in [-0.15, -0.1) is 0 Å². The minimum absolute atomic E-state index is 0.846. The lowest BCUT2D eigenvalue weighted by Gasteiger charge is -2.33. The van der Waals surface area contributed by atoms with Gasteiger partial charge in [-0.25, -0.2) is 0 Å². The van der Waals surface area contributed by atoms with E-state index in [9.17, 15) is 0 Å². The standard InChI is InChI=1S/C40H26N2O/c1-2-12-31(13-3-1)41-37-16-8-9-17-39(37)43-40-26-30(20-23-38(40)41)29-19-22-36-34(25-29)33-14-6-7-15-35(33)42(36)32-21-18-27-10-4-5-11-28(27)24-32/h1-26H. The molecule has 0 fully saturated rings. The Labute approximate surface area is 249 Å². The summed E-state index contributed by atoms with van der Waals surface area (Å²) in [6.07, 6.45) is 0. The van der Waals surface area contributed by atoms with Crippen LogP contribution in [0.25, 0.3) is 49.4 Å². The molecule has 0 atom stereocenters. The molecule has 8 aromatic rings. The second-order valence-electron chi connectivity index (χ2n) is 11.0. The van der Waals surface area contributed by atoms with Gasteiger partial charge in [0, 0.05) is 22.1 Å². The molecule has 1 aliphatic rings. The lowest BCUT2D eigenvalue weighted by Crippen LogP contribution is -2.15. The van der Waals surface area contributed by atoms with E-state index in [1.54, 1.807) is 0 Å². The van der Waals surface area contributed by atoms with Gasteiger partial charge in [0.15, 0.2) is 11.5 Å². The molecule has 1 aromatic heterocycles. The second kappa shape index (κ2) is 9.37. The fraction of sp³-hybridized carbons (Fsp3) is 0. The number of aromatic nitrogens is 1. The Morgan fingerprint density at radius 2 is 1.09 bits per heavy atom. The largest absolute Gasteiger partial charge is 0.453 e. The summed E-state index contributed by atoms with van der Waals surface area (Å²) < 4.78 is 8.88. The van der Waals surface area contributed by atoms with Crippen LogP contribution in [-0.4, -0.2) is 4.57 Å². The maximum atomic E-state index is 6.50. The average Bonchev–Trinajstić information content (AvgIpc) is 3.41. The van der Waals surface area contributed by atoms with E-state index >= 15 is 0 Å². The van der Waals surface area contributed by atoms with Gasteiger partial charge in [0.2, 0.25) is 0 Å². The molecular weight excluding hydrogens is 524 g/mol. The predicted octanol–water partition coefficient (Wildman–Crippen LogP) is 11.2. The Bertz CT molecular complexity index is 2330. The van der Waals surface area contributed by atoms with E-state index in [4.69, 9.17) is 4.74 Å². The van der Waals surface area contributed by atoms with Crippen molar-refractivity contribution < 1.29 is 4.74 Å². The maximum absolute atomic E-state index is 6.50. The molecule has 202 valence electrons. The zero-order valence-corrected chi connectivity index (χ0v) is 23.3. The smallest absolute Gasteiger partial charge is 0.152 e. The van der Waals surface area contributed by atoms with Gasteiger partial charge in [0.1, 0.15) is 0 Å². The van der Waals surface area contributed by atoms with Gasteiger partial charge in [-0.3, -0.25) is 0 Å². The van der Waals surface area contributed by atoms with Crippen molar-refractivity contribution in [2.45, 2.75) is 0 Å². The van der Waals surface area contributed by atoms with Gasteiger partial charge in [0.25, 0.3) is 0 Å². The Morgan fingerprint density at radius 1 is 0.395 bits per heavy atom. The maximum Gasteiger partial charge on any atom is 0.152 e. The van der Waals surface area contributed by atoms with E-state index in [0.717, 1.165) is 39.7 Å². The number of rotatable bonds is 3. The van der Waals surface area contributed by atoms with E-state index in [2.05, 4.69) is 149 Å². The van der Waals surface area contributed by atoms with Crippen LogP contribution >= 0.6 is 0 Å². The van der Waals surface area contributed by atoms with Crippen molar-refractivity contribution in [3.63, 3.8) is 0 Å². The first kappa shape index (κ1) is 23.9. The number of anilines is 3. The van der Waals surface area contributed by atoms with Crippen LogP contribution < -0.4 is 9.64 Å². The number of hydrogen-bond acceptors (Lipinski definition) is 2. The third kappa shape index (κ3) is 3.75. The van der Waals surface area contributed by atoms with E-state index in [0.29, 0.717) is 0 Å². The van der Waals surface area contributed by atoms with Crippen LogP contribution in [-0.2, 0) is 0 Å². The minimum Gasteiger partial charge on any atom is -0.453 e. The SMILES string of the molecule is c1ccc(N2c3ccccc3Oc3cc(-c4ccc5c(c4)c4ccccc4n5-c4ccc5ccccc5c4)ccc32)cc1. The minimum atomic E-state index is 0.846. The normalized spacial score (nSPS) is 12.3. The molecule has 1 aliphatic heterocycles. The third-order valence-electron chi connectivity index (χ3n) is 8.54. The first-order valence-electron chi connectivity index (χ1n) is 14.6. The number of hydrogen-bond donors (Lipinski definition) is 0. The topological polar surface area (TPSA) is 17.4 Å². The Hall–Kier alpha value is -5.80. The average molecular weight is 551 g/mol. The molecule has 0 unspecified atom stereocenters. The van der Waals surface area contributed by atoms with E-state index in [-0.39, 0.29) is 0 Å². The predicted molar refractivity (Wildman–Crippen MR) is 178 cm³/mol. The molecule has 7 aromatic carbocycles. The molecule has 0 aliphatic carbocycles. The third-order valence-corrected chi connectivity index (χ3v) is 8.54. The lowest BCUT2D eigenvalue weighted by atomic mass is 10.0. The highest BCUT2D eigenvalue weighted by molar-refractivity contribution is 6.10.